The van der Waals surface area contributed by atoms with Crippen molar-refractivity contribution in [3.05, 3.63) is 93.2 Å². The summed E-state index contributed by atoms with van der Waals surface area (Å²) < 4.78 is 30.7. The highest BCUT2D eigenvalue weighted by Gasteiger charge is 2.24. The molecule has 0 radical (unpaired) electrons. The van der Waals surface area contributed by atoms with Gasteiger partial charge in [0.15, 0.2) is 0 Å². The van der Waals surface area contributed by atoms with E-state index in [9.17, 15) is 23.5 Å². The van der Waals surface area contributed by atoms with E-state index in [0.717, 1.165) is 44.7 Å². The van der Waals surface area contributed by atoms with Gasteiger partial charge in [-0.2, -0.15) is 0 Å². The molecule has 4 rings (SSSR count). The van der Waals surface area contributed by atoms with Crippen LogP contribution in [0.5, 0.6) is 5.75 Å². The Morgan fingerprint density at radius 2 is 1.71 bits per heavy atom. The molecule has 0 spiro atoms. The van der Waals surface area contributed by atoms with Crippen LogP contribution in [-0.4, -0.2) is 65.2 Å². The Balaban J connectivity index is 1.46. The maximum Gasteiger partial charge on any atom is 0.293 e. The molecule has 0 bridgehead atoms. The summed E-state index contributed by atoms with van der Waals surface area (Å²) in [6.07, 6.45) is -1.75. The number of benzene rings is 2. The van der Waals surface area contributed by atoms with Crippen LogP contribution in [0.3, 0.4) is 0 Å². The monoisotopic (exact) mass is 522 g/mol. The number of nitrogens with one attached hydrogen (secondary N) is 2. The zero-order chi connectivity index (χ0) is 26.9. The van der Waals surface area contributed by atoms with E-state index in [1.165, 1.54) is 5.56 Å². The Hall–Kier alpha value is -4.07. The Bertz CT molecular complexity index is 1340. The third kappa shape index (κ3) is 7.47. The fourth-order valence-electron chi connectivity index (χ4n) is 4.09. The summed E-state index contributed by atoms with van der Waals surface area (Å²) in [5.41, 5.74) is 2.53. The summed E-state index contributed by atoms with van der Waals surface area (Å²) in [4.78, 5) is 33.0. The number of rotatable bonds is 8. The average Bonchev–Trinajstić information content (AvgIpc) is 2.93. The number of ether oxygens (including phenoxy) is 1. The summed E-state index contributed by atoms with van der Waals surface area (Å²) in [5, 5.41) is 12.2. The zero-order valence-electron chi connectivity index (χ0n) is 20.6. The number of carbonyl (C=O) groups is 1. The standard InChI is InChI=1S/C28H28F2N4O4/c29-25(30)16-31-27(36)23(15-24-26(35)28(37)33-18-32-24)22-9-7-20(8-10-22)2-1-19-3-5-21(6-4-19)17-34-11-13-38-14-12-34/h3-10,18,23,25,35H,11-17H2,(H,31,36)(H,32,33,37). The number of nitrogens with zero attached hydrogens (tertiary/aromatic N) is 2. The van der Waals surface area contributed by atoms with Crippen LogP contribution in [-0.2, 0) is 22.5 Å². The van der Waals surface area contributed by atoms with E-state index in [0.29, 0.717) is 11.1 Å². The molecule has 1 atom stereocenters. The normalized spacial score (nSPS) is 14.5. The van der Waals surface area contributed by atoms with Crippen molar-refractivity contribution in [1.29, 1.82) is 0 Å². The van der Waals surface area contributed by atoms with Crippen LogP contribution >= 0.6 is 0 Å². The SMILES string of the molecule is O=C(NCC(F)F)C(Cc1nc[nH]c(=O)c1O)c1ccc(C#Cc2ccc(CN3CCOCC3)cc2)cc1. The van der Waals surface area contributed by atoms with Gasteiger partial charge >= 0.3 is 0 Å². The van der Waals surface area contributed by atoms with Crippen LogP contribution < -0.4 is 10.9 Å². The van der Waals surface area contributed by atoms with Crippen LogP contribution in [0.4, 0.5) is 8.78 Å². The molecular weight excluding hydrogens is 494 g/mol. The highest BCUT2D eigenvalue weighted by molar-refractivity contribution is 5.84. The maximum absolute atomic E-state index is 12.7. The summed E-state index contributed by atoms with van der Waals surface area (Å²) >= 11 is 0. The van der Waals surface area contributed by atoms with Gasteiger partial charge in [-0.3, -0.25) is 14.5 Å². The predicted molar refractivity (Wildman–Crippen MR) is 137 cm³/mol. The van der Waals surface area contributed by atoms with Gasteiger partial charge in [-0.1, -0.05) is 36.1 Å². The number of aromatic nitrogens is 2. The molecule has 1 saturated heterocycles. The highest BCUT2D eigenvalue weighted by atomic mass is 19.3. The molecule has 1 fully saturated rings. The van der Waals surface area contributed by atoms with Crippen LogP contribution in [0.2, 0.25) is 0 Å². The lowest BCUT2D eigenvalue weighted by molar-refractivity contribution is -0.123. The Kier molecular flexibility index (Phi) is 9.19. The van der Waals surface area contributed by atoms with Gasteiger partial charge in [0.1, 0.15) is 0 Å². The van der Waals surface area contributed by atoms with Crippen LogP contribution in [0.1, 0.15) is 33.9 Å². The van der Waals surface area contributed by atoms with Gasteiger partial charge in [-0.15, -0.1) is 0 Å². The molecule has 1 aliphatic rings. The molecule has 1 aromatic heterocycles. The number of aromatic hydroxyl groups is 1. The van der Waals surface area contributed by atoms with Gasteiger partial charge in [-0.05, 0) is 35.4 Å². The van der Waals surface area contributed by atoms with Crippen molar-refractivity contribution in [1.82, 2.24) is 20.2 Å². The number of hydrogen-bond donors (Lipinski definition) is 3. The predicted octanol–water partition coefficient (Wildman–Crippen LogP) is 2.42. The molecule has 198 valence electrons. The van der Waals surface area contributed by atoms with E-state index in [2.05, 4.69) is 44.2 Å². The lowest BCUT2D eigenvalue weighted by Crippen LogP contribution is -2.35. The van der Waals surface area contributed by atoms with Crippen molar-refractivity contribution >= 4 is 5.91 Å². The van der Waals surface area contributed by atoms with Crippen molar-refractivity contribution in [2.24, 2.45) is 0 Å². The van der Waals surface area contributed by atoms with E-state index in [1.54, 1.807) is 24.3 Å². The Morgan fingerprint density at radius 1 is 1.08 bits per heavy atom. The molecule has 2 aromatic carbocycles. The van der Waals surface area contributed by atoms with Gasteiger partial charge in [0.2, 0.25) is 11.7 Å². The molecule has 1 amide bonds. The number of aromatic amines is 1. The number of hydrogen-bond acceptors (Lipinski definition) is 6. The van der Waals surface area contributed by atoms with E-state index in [-0.39, 0.29) is 12.1 Å². The third-order valence-corrected chi connectivity index (χ3v) is 6.18. The number of alkyl halides is 2. The van der Waals surface area contributed by atoms with Gasteiger partial charge in [0.05, 0.1) is 37.7 Å². The number of halogens is 2. The lowest BCUT2D eigenvalue weighted by Gasteiger charge is -2.26. The van der Waals surface area contributed by atoms with Crippen LogP contribution in [0.15, 0.2) is 59.7 Å². The minimum Gasteiger partial charge on any atom is -0.502 e. The molecule has 3 aromatic rings. The van der Waals surface area contributed by atoms with Crippen molar-refractivity contribution in [2.45, 2.75) is 25.3 Å². The van der Waals surface area contributed by atoms with Gasteiger partial charge in [-0.25, -0.2) is 13.8 Å². The molecule has 8 nitrogen and oxygen atoms in total. The molecule has 38 heavy (non-hydrogen) atoms. The fraction of sp³-hybridized carbons (Fsp3) is 0.321. The van der Waals surface area contributed by atoms with Crippen LogP contribution in [0.25, 0.3) is 0 Å². The minimum atomic E-state index is -2.71. The number of H-pyrrole nitrogens is 1. The first-order chi connectivity index (χ1) is 18.4. The van der Waals surface area contributed by atoms with Crippen molar-refractivity contribution < 1.29 is 23.4 Å². The third-order valence-electron chi connectivity index (χ3n) is 6.18. The van der Waals surface area contributed by atoms with Gasteiger partial charge in [0, 0.05) is 37.2 Å². The van der Waals surface area contributed by atoms with E-state index in [4.69, 9.17) is 4.74 Å². The van der Waals surface area contributed by atoms with Crippen molar-refractivity contribution in [3.8, 4) is 17.6 Å². The topological polar surface area (TPSA) is 108 Å². The Morgan fingerprint density at radius 3 is 2.34 bits per heavy atom. The highest BCUT2D eigenvalue weighted by Crippen LogP contribution is 2.24. The van der Waals surface area contributed by atoms with Crippen molar-refractivity contribution in [3.63, 3.8) is 0 Å². The smallest absolute Gasteiger partial charge is 0.293 e. The zero-order valence-corrected chi connectivity index (χ0v) is 20.6. The second kappa shape index (κ2) is 12.9. The van der Waals surface area contributed by atoms with Crippen molar-refractivity contribution in [2.75, 3.05) is 32.8 Å². The molecule has 1 unspecified atom stereocenters. The molecule has 3 N–H and O–H groups in total. The first-order valence-corrected chi connectivity index (χ1v) is 12.2. The second-order valence-electron chi connectivity index (χ2n) is 8.88. The molecule has 1 aliphatic heterocycles. The summed E-state index contributed by atoms with van der Waals surface area (Å²) in [6.45, 7) is 3.43. The van der Waals surface area contributed by atoms with E-state index in [1.807, 2.05) is 12.1 Å². The largest absolute Gasteiger partial charge is 0.502 e. The molecular formula is C28H28F2N4O4. The number of carbonyl (C=O) groups excluding carboxylic acids is 1. The molecule has 0 aliphatic carbocycles. The van der Waals surface area contributed by atoms with Gasteiger partial charge in [0.25, 0.3) is 12.0 Å². The molecule has 10 heteroatoms. The summed E-state index contributed by atoms with van der Waals surface area (Å²) in [7, 11) is 0. The number of morpholine rings is 1. The summed E-state index contributed by atoms with van der Waals surface area (Å²) in [6, 6.07) is 14.9. The second-order valence-corrected chi connectivity index (χ2v) is 8.88. The maximum atomic E-state index is 12.7. The minimum absolute atomic E-state index is 0.00752. The fourth-order valence-corrected chi connectivity index (χ4v) is 4.09. The Labute approximate surface area is 218 Å². The molecule has 2 heterocycles. The van der Waals surface area contributed by atoms with E-state index < -0.39 is 36.1 Å². The molecule has 0 saturated carbocycles. The lowest BCUT2D eigenvalue weighted by atomic mass is 9.92. The average molecular weight is 523 g/mol. The number of amides is 1. The van der Waals surface area contributed by atoms with Gasteiger partial charge < -0.3 is 20.1 Å². The first-order valence-electron chi connectivity index (χ1n) is 12.2. The first kappa shape index (κ1) is 27.0. The van der Waals surface area contributed by atoms with Crippen LogP contribution in [0, 0.1) is 11.8 Å². The quantitative estimate of drug-likeness (QED) is 0.393. The van der Waals surface area contributed by atoms with E-state index >= 15 is 0 Å². The summed E-state index contributed by atoms with van der Waals surface area (Å²) in [5.74, 6) is 3.98.